The Kier molecular flexibility index (Phi) is 6.68. The molecular weight excluding hydrogens is 358 g/mol. The summed E-state index contributed by atoms with van der Waals surface area (Å²) in [7, 11) is 0. The lowest BCUT2D eigenvalue weighted by molar-refractivity contribution is -0.152. The number of benzene rings is 1. The summed E-state index contributed by atoms with van der Waals surface area (Å²) in [5.41, 5.74) is 1.34. The van der Waals surface area contributed by atoms with E-state index >= 15 is 0 Å². The van der Waals surface area contributed by atoms with Crippen LogP contribution in [0.1, 0.15) is 19.4 Å². The molecule has 0 unspecified atom stereocenters. The maximum atomic E-state index is 12.0. The maximum Gasteiger partial charge on any atom is 0.311 e. The summed E-state index contributed by atoms with van der Waals surface area (Å²) < 4.78 is 5.13. The van der Waals surface area contributed by atoms with Crippen LogP contribution in [0.2, 0.25) is 5.02 Å². The molecule has 1 heterocycles. The van der Waals surface area contributed by atoms with Crippen molar-refractivity contribution in [3.8, 4) is 0 Å². The Morgan fingerprint density at radius 3 is 2.38 bits per heavy atom. The number of nitrogens with one attached hydrogen (secondary N) is 2. The van der Waals surface area contributed by atoms with Gasteiger partial charge in [0.15, 0.2) is 6.10 Å². The summed E-state index contributed by atoms with van der Waals surface area (Å²) >= 11 is 5.73. The summed E-state index contributed by atoms with van der Waals surface area (Å²) in [5.74, 6) is -0.888. The molecule has 136 valence electrons. The van der Waals surface area contributed by atoms with Gasteiger partial charge in [-0.05, 0) is 36.8 Å². The lowest BCUT2D eigenvalue weighted by Gasteiger charge is -2.13. The molecule has 8 heteroatoms. The minimum atomic E-state index is -0.973. The normalized spacial score (nSPS) is 11.3. The summed E-state index contributed by atoms with van der Waals surface area (Å²) in [6.45, 7) is 2.89. The minimum absolute atomic E-state index is 0.0111. The molecule has 2 amide bonds. The highest BCUT2D eigenvalue weighted by Crippen LogP contribution is 2.12. The van der Waals surface area contributed by atoms with Crippen LogP contribution in [0.15, 0.2) is 42.6 Å². The zero-order valence-electron chi connectivity index (χ0n) is 14.3. The molecule has 0 radical (unpaired) electrons. The van der Waals surface area contributed by atoms with Crippen molar-refractivity contribution >= 4 is 40.9 Å². The minimum Gasteiger partial charge on any atom is -0.452 e. The van der Waals surface area contributed by atoms with Gasteiger partial charge < -0.3 is 15.4 Å². The molecule has 0 aliphatic carbocycles. The number of carbonyl (C=O) groups excluding carboxylic acids is 3. The van der Waals surface area contributed by atoms with Crippen molar-refractivity contribution in [1.29, 1.82) is 0 Å². The van der Waals surface area contributed by atoms with E-state index in [9.17, 15) is 14.4 Å². The van der Waals surface area contributed by atoms with E-state index in [1.165, 1.54) is 20.0 Å². The Hall–Kier alpha value is -2.93. The number of halogens is 1. The predicted octanol–water partition coefficient (Wildman–Crippen LogP) is 2.81. The number of carbonyl (C=O) groups is 3. The number of pyridine rings is 1. The molecule has 1 aromatic heterocycles. The summed E-state index contributed by atoms with van der Waals surface area (Å²) in [4.78, 5) is 38.9. The Bertz CT molecular complexity index is 791. The van der Waals surface area contributed by atoms with Crippen molar-refractivity contribution in [2.45, 2.75) is 26.4 Å². The number of hydrogen-bond donors (Lipinski definition) is 2. The van der Waals surface area contributed by atoms with Crippen LogP contribution in [0.5, 0.6) is 0 Å². The number of hydrogen-bond acceptors (Lipinski definition) is 5. The third-order valence-electron chi connectivity index (χ3n) is 3.28. The fourth-order valence-electron chi connectivity index (χ4n) is 2.05. The van der Waals surface area contributed by atoms with Crippen molar-refractivity contribution in [1.82, 2.24) is 4.98 Å². The molecule has 0 aliphatic heterocycles. The highest BCUT2D eigenvalue weighted by molar-refractivity contribution is 6.30. The van der Waals surface area contributed by atoms with Gasteiger partial charge in [-0.3, -0.25) is 14.4 Å². The Labute approximate surface area is 155 Å². The van der Waals surface area contributed by atoms with Crippen molar-refractivity contribution in [2.75, 3.05) is 10.6 Å². The quantitative estimate of drug-likeness (QED) is 0.756. The summed E-state index contributed by atoms with van der Waals surface area (Å²) in [5, 5.41) is 5.63. The highest BCUT2D eigenvalue weighted by Gasteiger charge is 2.18. The van der Waals surface area contributed by atoms with Crippen molar-refractivity contribution in [3.63, 3.8) is 0 Å². The summed E-state index contributed by atoms with van der Waals surface area (Å²) in [6.07, 6.45) is 0.439. The fraction of sp³-hybridized carbons (Fsp3) is 0.222. The smallest absolute Gasteiger partial charge is 0.311 e. The molecule has 26 heavy (non-hydrogen) atoms. The van der Waals surface area contributed by atoms with E-state index in [0.29, 0.717) is 22.1 Å². The van der Waals surface area contributed by atoms with Crippen molar-refractivity contribution < 1.29 is 19.1 Å². The SMILES string of the molecule is CC(=O)Nc1ccc(CC(=O)O[C@H](C)C(=O)Nc2ccc(Cl)cn2)cc1. The highest BCUT2D eigenvalue weighted by atomic mass is 35.5. The molecule has 2 rings (SSSR count). The van der Waals surface area contributed by atoms with E-state index in [1.807, 2.05) is 0 Å². The molecule has 1 aromatic carbocycles. The van der Waals surface area contributed by atoms with Gasteiger partial charge >= 0.3 is 5.97 Å². The second kappa shape index (κ2) is 8.96. The average Bonchev–Trinajstić information content (AvgIpc) is 2.58. The van der Waals surface area contributed by atoms with Crippen LogP contribution in [0.3, 0.4) is 0 Å². The van der Waals surface area contributed by atoms with Gasteiger partial charge in [0.05, 0.1) is 11.4 Å². The molecule has 0 fully saturated rings. The van der Waals surface area contributed by atoms with Crippen LogP contribution in [0.4, 0.5) is 11.5 Å². The van der Waals surface area contributed by atoms with Gasteiger partial charge in [-0.15, -0.1) is 0 Å². The number of rotatable bonds is 6. The number of amides is 2. The van der Waals surface area contributed by atoms with Gasteiger partial charge in [-0.2, -0.15) is 0 Å². The molecule has 2 aromatic rings. The van der Waals surface area contributed by atoms with Crippen LogP contribution >= 0.6 is 11.6 Å². The van der Waals surface area contributed by atoms with Crippen LogP contribution in [0.25, 0.3) is 0 Å². The number of esters is 1. The first-order valence-corrected chi connectivity index (χ1v) is 8.19. The molecule has 0 aliphatic rings. The second-order valence-electron chi connectivity index (χ2n) is 5.54. The van der Waals surface area contributed by atoms with Gasteiger partial charge in [0.25, 0.3) is 5.91 Å². The first kappa shape index (κ1) is 19.4. The molecule has 0 saturated carbocycles. The van der Waals surface area contributed by atoms with Gasteiger partial charge in [0.1, 0.15) is 5.82 Å². The molecule has 0 spiro atoms. The Balaban J connectivity index is 1.85. The standard InChI is InChI=1S/C18H18ClN3O4/c1-11(18(25)22-16-8-5-14(19)10-20-16)26-17(24)9-13-3-6-15(7-4-13)21-12(2)23/h3-8,10-11H,9H2,1-2H3,(H,21,23)(H,20,22,25)/t11-/m1/s1. The number of aromatic nitrogens is 1. The number of nitrogens with zero attached hydrogens (tertiary/aromatic N) is 1. The van der Waals surface area contributed by atoms with Crippen molar-refractivity contribution in [2.24, 2.45) is 0 Å². The van der Waals surface area contributed by atoms with Crippen LogP contribution in [-0.2, 0) is 25.5 Å². The lowest BCUT2D eigenvalue weighted by atomic mass is 10.1. The van der Waals surface area contributed by atoms with E-state index in [2.05, 4.69) is 15.6 Å². The third-order valence-corrected chi connectivity index (χ3v) is 3.50. The molecule has 2 N–H and O–H groups in total. The van der Waals surface area contributed by atoms with E-state index in [1.54, 1.807) is 36.4 Å². The Morgan fingerprint density at radius 2 is 1.81 bits per heavy atom. The monoisotopic (exact) mass is 375 g/mol. The average molecular weight is 376 g/mol. The van der Waals surface area contributed by atoms with Crippen LogP contribution in [0, 0.1) is 0 Å². The van der Waals surface area contributed by atoms with E-state index in [0.717, 1.165) is 0 Å². The lowest BCUT2D eigenvalue weighted by Crippen LogP contribution is -2.30. The van der Waals surface area contributed by atoms with E-state index in [-0.39, 0.29) is 12.3 Å². The van der Waals surface area contributed by atoms with Gasteiger partial charge in [-0.1, -0.05) is 23.7 Å². The van der Waals surface area contributed by atoms with E-state index in [4.69, 9.17) is 16.3 Å². The van der Waals surface area contributed by atoms with Gasteiger partial charge in [0, 0.05) is 18.8 Å². The molecule has 0 bridgehead atoms. The van der Waals surface area contributed by atoms with Gasteiger partial charge in [0.2, 0.25) is 5.91 Å². The number of ether oxygens (including phenoxy) is 1. The number of anilines is 2. The van der Waals surface area contributed by atoms with E-state index < -0.39 is 18.0 Å². The largest absolute Gasteiger partial charge is 0.452 e. The van der Waals surface area contributed by atoms with Gasteiger partial charge in [-0.25, -0.2) is 4.98 Å². The zero-order valence-corrected chi connectivity index (χ0v) is 15.0. The molecular formula is C18H18ClN3O4. The zero-order chi connectivity index (χ0) is 19.1. The molecule has 7 nitrogen and oxygen atoms in total. The second-order valence-corrected chi connectivity index (χ2v) is 5.97. The molecule has 1 atom stereocenters. The summed E-state index contributed by atoms with van der Waals surface area (Å²) in [6, 6.07) is 9.92. The predicted molar refractivity (Wildman–Crippen MR) is 97.9 cm³/mol. The maximum absolute atomic E-state index is 12.0. The van der Waals surface area contributed by atoms with Crippen LogP contribution in [-0.4, -0.2) is 28.9 Å². The fourth-order valence-corrected chi connectivity index (χ4v) is 2.16. The first-order valence-electron chi connectivity index (χ1n) is 7.82. The third kappa shape index (κ3) is 6.18. The molecule has 0 saturated heterocycles. The van der Waals surface area contributed by atoms with Crippen molar-refractivity contribution in [3.05, 3.63) is 53.2 Å². The Morgan fingerprint density at radius 1 is 1.12 bits per heavy atom. The topological polar surface area (TPSA) is 97.4 Å². The van der Waals surface area contributed by atoms with Crippen LogP contribution < -0.4 is 10.6 Å². The first-order chi connectivity index (χ1) is 12.3.